The van der Waals surface area contributed by atoms with Crippen LogP contribution in [0, 0.1) is 5.82 Å². The summed E-state index contributed by atoms with van der Waals surface area (Å²) < 4.78 is 24.2. The van der Waals surface area contributed by atoms with Gasteiger partial charge in [0.25, 0.3) is 0 Å². The van der Waals surface area contributed by atoms with Crippen molar-refractivity contribution in [2.75, 3.05) is 13.2 Å². The molecule has 2 aromatic carbocycles. The van der Waals surface area contributed by atoms with Crippen molar-refractivity contribution in [1.82, 2.24) is 10.7 Å². The molecule has 0 heterocycles. The normalized spacial score (nSPS) is 10.9. The third-order valence-electron chi connectivity index (χ3n) is 3.80. The SMILES string of the molecule is CC(C)OCCCNC(=O)C(=O)N/N=C\c1cccc(OCc2cccc(F)c2)c1. The summed E-state index contributed by atoms with van der Waals surface area (Å²) in [5, 5.41) is 6.28. The van der Waals surface area contributed by atoms with Gasteiger partial charge in [-0.1, -0.05) is 24.3 Å². The lowest BCUT2D eigenvalue weighted by molar-refractivity contribution is -0.139. The first-order valence-corrected chi connectivity index (χ1v) is 9.64. The molecule has 7 nitrogen and oxygen atoms in total. The van der Waals surface area contributed by atoms with E-state index in [0.29, 0.717) is 36.4 Å². The highest BCUT2D eigenvalue weighted by molar-refractivity contribution is 6.35. The molecule has 0 atom stereocenters. The molecule has 0 aliphatic rings. The number of nitrogens with one attached hydrogen (secondary N) is 2. The number of carbonyl (C=O) groups excluding carboxylic acids is 2. The summed E-state index contributed by atoms with van der Waals surface area (Å²) in [7, 11) is 0. The van der Waals surface area contributed by atoms with E-state index in [4.69, 9.17) is 9.47 Å². The Morgan fingerprint density at radius 3 is 2.70 bits per heavy atom. The van der Waals surface area contributed by atoms with E-state index in [2.05, 4.69) is 15.8 Å². The molecule has 0 bridgehead atoms. The van der Waals surface area contributed by atoms with Crippen LogP contribution in [0.2, 0.25) is 0 Å². The fraction of sp³-hybridized carbons (Fsp3) is 0.318. The topological polar surface area (TPSA) is 89.0 Å². The van der Waals surface area contributed by atoms with E-state index in [1.807, 2.05) is 13.8 Å². The minimum Gasteiger partial charge on any atom is -0.489 e. The van der Waals surface area contributed by atoms with Crippen LogP contribution in [0.5, 0.6) is 5.75 Å². The maximum Gasteiger partial charge on any atom is 0.329 e. The zero-order valence-corrected chi connectivity index (χ0v) is 17.1. The van der Waals surface area contributed by atoms with Crippen LogP contribution in [-0.2, 0) is 20.9 Å². The zero-order chi connectivity index (χ0) is 21.8. The Hall–Kier alpha value is -3.26. The first kappa shape index (κ1) is 23.0. The molecule has 8 heteroatoms. The summed E-state index contributed by atoms with van der Waals surface area (Å²) in [5.74, 6) is -1.37. The van der Waals surface area contributed by atoms with Gasteiger partial charge in [-0.05, 0) is 55.7 Å². The third kappa shape index (κ3) is 8.83. The predicted molar refractivity (Wildman–Crippen MR) is 112 cm³/mol. The first-order chi connectivity index (χ1) is 14.4. The standard InChI is InChI=1S/C22H26FN3O4/c1-16(2)29-11-5-10-24-21(27)22(28)26-25-14-17-6-4-9-20(13-17)30-15-18-7-3-8-19(23)12-18/h3-4,6-9,12-14,16H,5,10-11,15H2,1-2H3,(H,24,27)(H,26,28)/b25-14-. The number of benzene rings is 2. The number of ether oxygens (including phenoxy) is 2. The molecule has 0 saturated carbocycles. The first-order valence-electron chi connectivity index (χ1n) is 9.64. The fourth-order valence-electron chi connectivity index (χ4n) is 2.37. The lowest BCUT2D eigenvalue weighted by Crippen LogP contribution is -2.38. The lowest BCUT2D eigenvalue weighted by atomic mass is 10.2. The second-order valence-corrected chi connectivity index (χ2v) is 6.72. The summed E-state index contributed by atoms with van der Waals surface area (Å²) >= 11 is 0. The van der Waals surface area contributed by atoms with E-state index in [-0.39, 0.29) is 18.5 Å². The Labute approximate surface area is 175 Å². The number of halogens is 1. The van der Waals surface area contributed by atoms with Crippen molar-refractivity contribution in [3.63, 3.8) is 0 Å². The van der Waals surface area contributed by atoms with E-state index in [1.54, 1.807) is 36.4 Å². The van der Waals surface area contributed by atoms with Crippen LogP contribution in [0.15, 0.2) is 53.6 Å². The van der Waals surface area contributed by atoms with Crippen LogP contribution >= 0.6 is 0 Å². The summed E-state index contributed by atoms with van der Waals surface area (Å²) in [5.41, 5.74) is 3.55. The van der Waals surface area contributed by atoms with Crippen molar-refractivity contribution in [2.45, 2.75) is 33.0 Å². The number of amides is 2. The molecule has 0 radical (unpaired) electrons. The molecule has 0 fully saturated rings. The molecule has 0 aliphatic carbocycles. The number of rotatable bonds is 10. The summed E-state index contributed by atoms with van der Waals surface area (Å²) in [4.78, 5) is 23.4. The number of nitrogens with zero attached hydrogens (tertiary/aromatic N) is 1. The second-order valence-electron chi connectivity index (χ2n) is 6.72. The highest BCUT2D eigenvalue weighted by Crippen LogP contribution is 2.14. The Morgan fingerprint density at radius 1 is 1.13 bits per heavy atom. The van der Waals surface area contributed by atoms with Crippen molar-refractivity contribution in [3.05, 3.63) is 65.5 Å². The van der Waals surface area contributed by atoms with Crippen molar-refractivity contribution in [3.8, 4) is 5.75 Å². The van der Waals surface area contributed by atoms with Crippen LogP contribution in [0.4, 0.5) is 4.39 Å². The molecule has 2 amide bonds. The van der Waals surface area contributed by atoms with E-state index in [9.17, 15) is 14.0 Å². The number of hydrazone groups is 1. The van der Waals surface area contributed by atoms with E-state index in [0.717, 1.165) is 0 Å². The molecule has 30 heavy (non-hydrogen) atoms. The zero-order valence-electron chi connectivity index (χ0n) is 17.1. The Bertz CT molecular complexity index is 871. The van der Waals surface area contributed by atoms with Crippen LogP contribution in [0.25, 0.3) is 0 Å². The summed E-state index contributed by atoms with van der Waals surface area (Å²) in [6.07, 6.45) is 2.14. The minimum absolute atomic E-state index is 0.128. The molecule has 160 valence electrons. The van der Waals surface area contributed by atoms with Gasteiger partial charge < -0.3 is 14.8 Å². The third-order valence-corrected chi connectivity index (χ3v) is 3.80. The van der Waals surface area contributed by atoms with Crippen LogP contribution in [0.3, 0.4) is 0 Å². The maximum absolute atomic E-state index is 13.2. The van der Waals surface area contributed by atoms with Crippen LogP contribution in [0.1, 0.15) is 31.4 Å². The molecule has 2 N–H and O–H groups in total. The van der Waals surface area contributed by atoms with Gasteiger partial charge in [-0.15, -0.1) is 0 Å². The van der Waals surface area contributed by atoms with Crippen LogP contribution in [-0.4, -0.2) is 37.3 Å². The number of carbonyl (C=O) groups is 2. The second kappa shape index (κ2) is 12.3. The van der Waals surface area contributed by atoms with Gasteiger partial charge in [-0.2, -0.15) is 5.10 Å². The number of hydrogen-bond donors (Lipinski definition) is 2. The van der Waals surface area contributed by atoms with Crippen molar-refractivity contribution >= 4 is 18.0 Å². The highest BCUT2D eigenvalue weighted by Gasteiger charge is 2.11. The average molecular weight is 415 g/mol. The smallest absolute Gasteiger partial charge is 0.329 e. The maximum atomic E-state index is 13.2. The van der Waals surface area contributed by atoms with Crippen molar-refractivity contribution < 1.29 is 23.5 Å². The molecule has 2 aromatic rings. The van der Waals surface area contributed by atoms with E-state index >= 15 is 0 Å². The lowest BCUT2D eigenvalue weighted by Gasteiger charge is -2.08. The van der Waals surface area contributed by atoms with Gasteiger partial charge in [-0.3, -0.25) is 9.59 Å². The van der Waals surface area contributed by atoms with Gasteiger partial charge in [0.15, 0.2) is 0 Å². The van der Waals surface area contributed by atoms with Gasteiger partial charge in [0.2, 0.25) is 0 Å². The van der Waals surface area contributed by atoms with Crippen LogP contribution < -0.4 is 15.5 Å². The molecule has 0 aromatic heterocycles. The monoisotopic (exact) mass is 415 g/mol. The summed E-state index contributed by atoms with van der Waals surface area (Å²) in [6, 6.07) is 13.2. The highest BCUT2D eigenvalue weighted by atomic mass is 19.1. The largest absolute Gasteiger partial charge is 0.489 e. The van der Waals surface area contributed by atoms with Gasteiger partial charge in [0.05, 0.1) is 12.3 Å². The summed E-state index contributed by atoms with van der Waals surface area (Å²) in [6.45, 7) is 4.92. The molecule has 0 spiro atoms. The minimum atomic E-state index is -0.852. The molecule has 0 saturated heterocycles. The molecular formula is C22H26FN3O4. The number of hydrogen-bond acceptors (Lipinski definition) is 5. The Morgan fingerprint density at radius 2 is 1.93 bits per heavy atom. The quantitative estimate of drug-likeness (QED) is 0.270. The van der Waals surface area contributed by atoms with Gasteiger partial charge >= 0.3 is 11.8 Å². The van der Waals surface area contributed by atoms with Crippen molar-refractivity contribution in [1.29, 1.82) is 0 Å². The van der Waals surface area contributed by atoms with Gasteiger partial charge in [0.1, 0.15) is 18.2 Å². The predicted octanol–water partition coefficient (Wildman–Crippen LogP) is 2.79. The van der Waals surface area contributed by atoms with Crippen molar-refractivity contribution in [2.24, 2.45) is 5.10 Å². The molecular weight excluding hydrogens is 389 g/mol. The van der Waals surface area contributed by atoms with Gasteiger partial charge in [-0.25, -0.2) is 9.82 Å². The fourth-order valence-corrected chi connectivity index (χ4v) is 2.37. The Balaban J connectivity index is 1.75. The van der Waals surface area contributed by atoms with E-state index < -0.39 is 11.8 Å². The molecule has 2 rings (SSSR count). The van der Waals surface area contributed by atoms with E-state index in [1.165, 1.54) is 18.3 Å². The average Bonchev–Trinajstić information content (AvgIpc) is 2.72. The molecule has 0 aliphatic heterocycles. The Kier molecular flexibility index (Phi) is 9.47. The van der Waals surface area contributed by atoms with Gasteiger partial charge in [0, 0.05) is 13.2 Å². The molecule has 0 unspecified atom stereocenters.